The molecule has 0 aliphatic rings. The van der Waals surface area contributed by atoms with E-state index in [1.54, 1.807) is 12.1 Å². The molecule has 0 unspecified atom stereocenters. The molecule has 0 spiro atoms. The minimum Gasteiger partial charge on any atom is -0.494 e. The van der Waals surface area contributed by atoms with E-state index < -0.39 is 5.91 Å². The maximum Gasteiger partial charge on any atom is 0.254 e. The summed E-state index contributed by atoms with van der Waals surface area (Å²) in [7, 11) is 0. The van der Waals surface area contributed by atoms with Crippen LogP contribution in [0.3, 0.4) is 0 Å². The van der Waals surface area contributed by atoms with Crippen molar-refractivity contribution in [3.63, 3.8) is 0 Å². The first-order valence-electron chi connectivity index (χ1n) is 12.1. The molecule has 2 rings (SSSR count). The van der Waals surface area contributed by atoms with Crippen molar-refractivity contribution >= 4 is 43.7 Å². The average molecular weight is 612 g/mol. The summed E-state index contributed by atoms with van der Waals surface area (Å²) >= 11 is 7.12. The minimum atomic E-state index is -0.416. The van der Waals surface area contributed by atoms with Gasteiger partial charge in [0, 0.05) is 23.2 Å². The van der Waals surface area contributed by atoms with Crippen LogP contribution in [0.15, 0.2) is 39.3 Å². The lowest BCUT2D eigenvalue weighted by Crippen LogP contribution is -2.42. The summed E-state index contributed by atoms with van der Waals surface area (Å²) in [5, 5.41) is 0. The van der Waals surface area contributed by atoms with Crippen LogP contribution in [0, 0.1) is 0 Å². The predicted octanol–water partition coefficient (Wildman–Crippen LogP) is 6.76. The lowest BCUT2D eigenvalue weighted by atomic mass is 10.0. The van der Waals surface area contributed by atoms with E-state index in [1.807, 2.05) is 57.7 Å². The number of aryl methyl sites for hydroxylation is 1. The van der Waals surface area contributed by atoms with Crippen molar-refractivity contribution < 1.29 is 19.1 Å². The maximum absolute atomic E-state index is 13.0. The third kappa shape index (κ3) is 8.24. The van der Waals surface area contributed by atoms with Gasteiger partial charge in [0.25, 0.3) is 5.91 Å². The zero-order chi connectivity index (χ0) is 26.1. The first kappa shape index (κ1) is 29.2. The van der Waals surface area contributed by atoms with Crippen LogP contribution >= 0.6 is 31.9 Å². The Bertz CT molecular complexity index is 993. The topological polar surface area (TPSA) is 81.9 Å². The van der Waals surface area contributed by atoms with Crippen molar-refractivity contribution in [1.82, 2.24) is 4.90 Å². The largest absolute Gasteiger partial charge is 0.494 e. The van der Waals surface area contributed by atoms with Crippen LogP contribution in [0.25, 0.3) is 0 Å². The third-order valence-corrected chi connectivity index (χ3v) is 6.80. The number of unbranched alkanes of at least 4 members (excludes halogenated alkanes) is 2. The summed E-state index contributed by atoms with van der Waals surface area (Å²) in [5.41, 5.74) is 7.47. The first-order valence-corrected chi connectivity index (χ1v) is 13.6. The van der Waals surface area contributed by atoms with Gasteiger partial charge in [-0.2, -0.15) is 0 Å². The number of nitrogens with two attached hydrogens (primary N) is 1. The highest BCUT2D eigenvalue weighted by atomic mass is 79.9. The molecule has 0 saturated carbocycles. The fraction of sp³-hybridized carbons (Fsp3) is 0.481. The van der Waals surface area contributed by atoms with Gasteiger partial charge < -0.3 is 20.1 Å². The summed E-state index contributed by atoms with van der Waals surface area (Å²) in [6.07, 6.45) is 3.43. The normalized spacial score (nSPS) is 11.1. The van der Waals surface area contributed by atoms with Crippen molar-refractivity contribution in [2.45, 2.75) is 72.4 Å². The van der Waals surface area contributed by atoms with Crippen LogP contribution in [0.1, 0.15) is 80.2 Å². The smallest absolute Gasteiger partial charge is 0.254 e. The second kappa shape index (κ2) is 13.9. The molecule has 6 nitrogen and oxygen atoms in total. The van der Waals surface area contributed by atoms with Gasteiger partial charge in [-0.05, 0) is 121 Å². The molecule has 0 radical (unpaired) electrons. The third-order valence-electron chi connectivity index (χ3n) is 5.62. The number of halogens is 2. The monoisotopic (exact) mass is 610 g/mol. The van der Waals surface area contributed by atoms with E-state index in [4.69, 9.17) is 15.2 Å². The number of benzene rings is 2. The van der Waals surface area contributed by atoms with Gasteiger partial charge >= 0.3 is 0 Å². The molecule has 0 heterocycles. The Balaban J connectivity index is 1.82. The van der Waals surface area contributed by atoms with Crippen molar-refractivity contribution in [3.05, 3.63) is 56.0 Å². The number of rotatable bonds is 13. The van der Waals surface area contributed by atoms with E-state index in [0.29, 0.717) is 30.1 Å². The molecule has 2 amide bonds. The fourth-order valence-electron chi connectivity index (χ4n) is 3.97. The number of nitrogens with zero attached hydrogens (tertiary/aromatic N) is 1. The number of primary amides is 1. The Morgan fingerprint density at radius 2 is 1.49 bits per heavy atom. The molecule has 0 atom stereocenters. The zero-order valence-electron chi connectivity index (χ0n) is 21.2. The Kier molecular flexibility index (Phi) is 11.6. The van der Waals surface area contributed by atoms with Crippen LogP contribution in [0.2, 0.25) is 0 Å². The molecule has 2 aromatic rings. The van der Waals surface area contributed by atoms with Crippen molar-refractivity contribution in [3.8, 4) is 11.5 Å². The van der Waals surface area contributed by atoms with E-state index in [-0.39, 0.29) is 18.0 Å². The highest BCUT2D eigenvalue weighted by Gasteiger charge is 2.23. The summed E-state index contributed by atoms with van der Waals surface area (Å²) in [6, 6.07) is 9.26. The highest BCUT2D eigenvalue weighted by molar-refractivity contribution is 9.11. The molecule has 2 N–H and O–H groups in total. The molecular formula is C27H36Br2N2O4. The predicted molar refractivity (Wildman–Crippen MR) is 147 cm³/mol. The van der Waals surface area contributed by atoms with Gasteiger partial charge in [0.1, 0.15) is 11.5 Å². The van der Waals surface area contributed by atoms with Gasteiger partial charge in [0.2, 0.25) is 5.91 Å². The maximum atomic E-state index is 13.0. The van der Waals surface area contributed by atoms with E-state index >= 15 is 0 Å². The van der Waals surface area contributed by atoms with Gasteiger partial charge in [0.05, 0.1) is 22.2 Å². The second-order valence-electron chi connectivity index (χ2n) is 8.96. The van der Waals surface area contributed by atoms with Gasteiger partial charge in [-0.3, -0.25) is 9.59 Å². The number of carbonyl (C=O) groups excluding carboxylic acids is 2. The van der Waals surface area contributed by atoms with E-state index in [1.165, 1.54) is 0 Å². The Morgan fingerprint density at radius 1 is 0.914 bits per heavy atom. The Morgan fingerprint density at radius 3 is 2.00 bits per heavy atom. The first-order chi connectivity index (χ1) is 16.6. The molecule has 0 bridgehead atoms. The Hall–Kier alpha value is -2.06. The molecule has 0 aliphatic heterocycles. The van der Waals surface area contributed by atoms with Crippen molar-refractivity contribution in [1.29, 1.82) is 0 Å². The minimum absolute atomic E-state index is 0.00160. The van der Waals surface area contributed by atoms with Gasteiger partial charge in [-0.15, -0.1) is 0 Å². The molecule has 2 aromatic carbocycles. The van der Waals surface area contributed by atoms with Crippen LogP contribution in [-0.2, 0) is 6.42 Å². The van der Waals surface area contributed by atoms with Crippen molar-refractivity contribution in [2.75, 3.05) is 13.2 Å². The molecule has 192 valence electrons. The summed E-state index contributed by atoms with van der Waals surface area (Å²) in [5.74, 6) is 1.03. The summed E-state index contributed by atoms with van der Waals surface area (Å²) < 4.78 is 13.3. The number of hydrogen-bond acceptors (Lipinski definition) is 4. The number of hydrogen-bond donors (Lipinski definition) is 1. The highest BCUT2D eigenvalue weighted by Crippen LogP contribution is 2.35. The second-order valence-corrected chi connectivity index (χ2v) is 10.7. The molecule has 0 saturated heterocycles. The molecule has 0 aromatic heterocycles. The summed E-state index contributed by atoms with van der Waals surface area (Å²) in [6.45, 7) is 11.2. The van der Waals surface area contributed by atoms with Gasteiger partial charge in [-0.25, -0.2) is 0 Å². The molecule has 0 aliphatic carbocycles. The molecular weight excluding hydrogens is 576 g/mol. The number of amides is 2. The lowest BCUT2D eigenvalue weighted by Gasteiger charge is -2.31. The van der Waals surface area contributed by atoms with Crippen molar-refractivity contribution in [2.24, 2.45) is 5.73 Å². The van der Waals surface area contributed by atoms with Crippen LogP contribution in [-0.4, -0.2) is 42.0 Å². The Labute approximate surface area is 225 Å². The van der Waals surface area contributed by atoms with Crippen LogP contribution < -0.4 is 15.2 Å². The molecule has 35 heavy (non-hydrogen) atoms. The standard InChI is InChI=1S/C27H36Br2N2O4/c1-6-19-14-21(10-11-22(19)26(30)32)34-12-8-7-9-13-35-25-23(28)15-20(16-24(25)29)27(33)31(17(2)3)18(4)5/h10-11,14-18H,6-9,12-13H2,1-5H3,(H2,30,32). The zero-order valence-corrected chi connectivity index (χ0v) is 24.4. The SMILES string of the molecule is CCc1cc(OCCCCCOc2c(Br)cc(C(=O)N(C(C)C)C(C)C)cc2Br)ccc1C(N)=O. The van der Waals surface area contributed by atoms with E-state index in [9.17, 15) is 9.59 Å². The van der Waals surface area contributed by atoms with Crippen LogP contribution in [0.5, 0.6) is 11.5 Å². The van der Waals surface area contributed by atoms with Crippen LogP contribution in [0.4, 0.5) is 0 Å². The molecule has 8 heteroatoms. The number of ether oxygens (including phenoxy) is 2. The number of carbonyl (C=O) groups is 2. The van der Waals surface area contributed by atoms with E-state index in [0.717, 1.165) is 45.9 Å². The average Bonchev–Trinajstić information content (AvgIpc) is 2.78. The lowest BCUT2D eigenvalue weighted by molar-refractivity contribution is 0.0643. The van der Waals surface area contributed by atoms with E-state index in [2.05, 4.69) is 31.9 Å². The summed E-state index contributed by atoms with van der Waals surface area (Å²) in [4.78, 5) is 26.3. The molecule has 0 fully saturated rings. The quantitative estimate of drug-likeness (QED) is 0.254. The van der Waals surface area contributed by atoms with Gasteiger partial charge in [0.15, 0.2) is 0 Å². The fourth-order valence-corrected chi connectivity index (χ4v) is 5.39. The van der Waals surface area contributed by atoms with Gasteiger partial charge in [-0.1, -0.05) is 6.92 Å².